The minimum atomic E-state index is -3.63. The lowest BCUT2D eigenvalue weighted by Gasteiger charge is -2.14. The Kier molecular flexibility index (Phi) is 4.35. The van der Waals surface area contributed by atoms with E-state index in [9.17, 15) is 8.42 Å². The second-order valence-electron chi connectivity index (χ2n) is 4.26. The van der Waals surface area contributed by atoms with Crippen molar-refractivity contribution in [1.29, 1.82) is 0 Å². The normalized spacial score (nSPS) is 11.2. The first-order chi connectivity index (χ1) is 9.45. The predicted molar refractivity (Wildman–Crippen MR) is 85.7 cm³/mol. The Bertz CT molecular complexity index is 730. The smallest absolute Gasteiger partial charge is 0.263 e. The van der Waals surface area contributed by atoms with Crippen LogP contribution in [0.3, 0.4) is 0 Å². The maximum Gasteiger partial charge on any atom is 0.263 e. The van der Waals surface area contributed by atoms with E-state index in [-0.39, 0.29) is 4.90 Å². The maximum atomic E-state index is 12.5. The molecule has 0 atom stereocenters. The summed E-state index contributed by atoms with van der Waals surface area (Å²) >= 11 is 3.39. The van der Waals surface area contributed by atoms with Gasteiger partial charge in [-0.25, -0.2) is 8.42 Å². The van der Waals surface area contributed by atoms with Gasteiger partial charge in [0.15, 0.2) is 0 Å². The monoisotopic (exact) mass is 354 g/mol. The number of halogens is 1. The summed E-state index contributed by atoms with van der Waals surface area (Å²) in [5, 5.41) is 2.89. The lowest BCUT2D eigenvalue weighted by Crippen LogP contribution is -2.15. The fourth-order valence-electron chi connectivity index (χ4n) is 1.83. The molecule has 0 aliphatic rings. The summed E-state index contributed by atoms with van der Waals surface area (Å²) in [4.78, 5) is 0.224. The highest BCUT2D eigenvalue weighted by Crippen LogP contribution is 2.27. The van der Waals surface area contributed by atoms with Crippen LogP contribution >= 0.6 is 15.9 Å². The number of anilines is 2. The second-order valence-corrected chi connectivity index (χ2v) is 6.77. The zero-order valence-corrected chi connectivity index (χ0v) is 13.5. The zero-order chi connectivity index (χ0) is 14.8. The molecule has 0 saturated carbocycles. The van der Waals surface area contributed by atoms with Crippen LogP contribution in [0.5, 0.6) is 0 Å². The molecular weight excluding hydrogens is 340 g/mol. The van der Waals surface area contributed by atoms with Crippen LogP contribution in [0.15, 0.2) is 51.8 Å². The Morgan fingerprint density at radius 2 is 1.65 bits per heavy atom. The van der Waals surface area contributed by atoms with Crippen molar-refractivity contribution >= 4 is 37.3 Å². The fraction of sp³-hybridized carbons (Fsp3) is 0.143. The van der Waals surface area contributed by atoms with Gasteiger partial charge in [0.1, 0.15) is 4.90 Å². The first-order valence-corrected chi connectivity index (χ1v) is 8.28. The highest BCUT2D eigenvalue weighted by molar-refractivity contribution is 9.10. The molecule has 4 nitrogen and oxygen atoms in total. The molecule has 6 heteroatoms. The molecule has 0 heterocycles. The molecule has 2 N–H and O–H groups in total. The molecule has 0 aliphatic heterocycles. The van der Waals surface area contributed by atoms with Gasteiger partial charge >= 0.3 is 0 Å². The Morgan fingerprint density at radius 1 is 1.00 bits per heavy atom. The molecule has 0 aromatic heterocycles. The summed E-state index contributed by atoms with van der Waals surface area (Å²) in [6.45, 7) is 1.85. The molecule has 2 rings (SSSR count). The minimum Gasteiger partial charge on any atom is -0.387 e. The third-order valence-electron chi connectivity index (χ3n) is 2.96. The Labute approximate surface area is 127 Å². The first-order valence-electron chi connectivity index (χ1n) is 6.00. The second kappa shape index (κ2) is 5.85. The average Bonchev–Trinajstić information content (AvgIpc) is 2.43. The topological polar surface area (TPSA) is 58.2 Å². The minimum absolute atomic E-state index is 0.224. The highest BCUT2D eigenvalue weighted by Gasteiger charge is 2.18. The van der Waals surface area contributed by atoms with Crippen molar-refractivity contribution in [3.05, 3.63) is 52.5 Å². The quantitative estimate of drug-likeness (QED) is 0.881. The predicted octanol–water partition coefficient (Wildman–Crippen LogP) is 3.60. The average molecular weight is 355 g/mol. The Balaban J connectivity index is 2.44. The van der Waals surface area contributed by atoms with Crippen molar-refractivity contribution in [1.82, 2.24) is 0 Å². The molecular formula is C14H15BrN2O2S. The summed E-state index contributed by atoms with van der Waals surface area (Å²) in [5.74, 6) is 0. The molecule has 0 amide bonds. The number of sulfonamides is 1. The highest BCUT2D eigenvalue weighted by atomic mass is 79.9. The zero-order valence-electron chi connectivity index (χ0n) is 11.1. The molecule has 20 heavy (non-hydrogen) atoms. The molecule has 0 saturated heterocycles. The van der Waals surface area contributed by atoms with E-state index < -0.39 is 10.0 Å². The van der Waals surface area contributed by atoms with E-state index >= 15 is 0 Å². The van der Waals surface area contributed by atoms with Gasteiger partial charge in [-0.2, -0.15) is 0 Å². The molecule has 0 aliphatic carbocycles. The molecule has 0 fully saturated rings. The van der Waals surface area contributed by atoms with Gasteiger partial charge < -0.3 is 5.32 Å². The molecule has 0 bridgehead atoms. The van der Waals surface area contributed by atoms with Gasteiger partial charge in [-0.05, 0) is 36.8 Å². The van der Waals surface area contributed by atoms with E-state index in [2.05, 4.69) is 26.0 Å². The first kappa shape index (κ1) is 14.9. The summed E-state index contributed by atoms with van der Waals surface area (Å²) in [5.41, 5.74) is 1.97. The molecule has 2 aromatic carbocycles. The lowest BCUT2D eigenvalue weighted by atomic mass is 10.2. The van der Waals surface area contributed by atoms with Crippen LogP contribution in [-0.2, 0) is 10.0 Å². The van der Waals surface area contributed by atoms with Crippen molar-refractivity contribution in [3.8, 4) is 0 Å². The number of rotatable bonds is 4. The van der Waals surface area contributed by atoms with Crippen LogP contribution < -0.4 is 10.0 Å². The van der Waals surface area contributed by atoms with Gasteiger partial charge in [-0.1, -0.05) is 34.1 Å². The Hall–Kier alpha value is -1.53. The van der Waals surface area contributed by atoms with Crippen LogP contribution in [-0.4, -0.2) is 15.5 Å². The van der Waals surface area contributed by atoms with Crippen molar-refractivity contribution in [2.45, 2.75) is 11.8 Å². The van der Waals surface area contributed by atoms with E-state index in [1.165, 1.54) is 0 Å². The van der Waals surface area contributed by atoms with Crippen molar-refractivity contribution < 1.29 is 8.42 Å². The maximum absolute atomic E-state index is 12.5. The van der Waals surface area contributed by atoms with Crippen molar-refractivity contribution in [3.63, 3.8) is 0 Å². The van der Waals surface area contributed by atoms with Crippen LogP contribution in [0, 0.1) is 6.92 Å². The van der Waals surface area contributed by atoms with Crippen LogP contribution in [0.2, 0.25) is 0 Å². The standard InChI is InChI=1S/C14H15BrN2O2S/c1-10-11(15)6-5-8-12(10)17-20(18,19)14-9-4-3-7-13(14)16-2/h3-9,16-17H,1-2H3. The van der Waals surface area contributed by atoms with E-state index in [0.717, 1.165) is 10.0 Å². The number of hydrogen-bond donors (Lipinski definition) is 2. The number of nitrogens with one attached hydrogen (secondary N) is 2. The van der Waals surface area contributed by atoms with E-state index in [4.69, 9.17) is 0 Å². The van der Waals surface area contributed by atoms with Crippen LogP contribution in [0.1, 0.15) is 5.56 Å². The molecule has 0 unspecified atom stereocenters. The van der Waals surface area contributed by atoms with Gasteiger partial charge in [-0.15, -0.1) is 0 Å². The third kappa shape index (κ3) is 2.96. The summed E-state index contributed by atoms with van der Waals surface area (Å²) < 4.78 is 28.4. The van der Waals surface area contributed by atoms with Crippen molar-refractivity contribution in [2.75, 3.05) is 17.1 Å². The number of benzene rings is 2. The van der Waals surface area contributed by atoms with E-state index in [0.29, 0.717) is 11.4 Å². The SMILES string of the molecule is CNc1ccccc1S(=O)(=O)Nc1cccc(Br)c1C. The van der Waals surface area contributed by atoms with Gasteiger partial charge in [0, 0.05) is 11.5 Å². The summed E-state index contributed by atoms with van der Waals surface area (Å²) in [6.07, 6.45) is 0. The van der Waals surface area contributed by atoms with E-state index in [1.54, 1.807) is 43.4 Å². The molecule has 106 valence electrons. The number of hydrogen-bond acceptors (Lipinski definition) is 3. The molecule has 0 radical (unpaired) electrons. The molecule has 0 spiro atoms. The van der Waals surface area contributed by atoms with Crippen molar-refractivity contribution in [2.24, 2.45) is 0 Å². The van der Waals surface area contributed by atoms with Crippen LogP contribution in [0.4, 0.5) is 11.4 Å². The van der Waals surface area contributed by atoms with Gasteiger partial charge in [0.2, 0.25) is 0 Å². The van der Waals surface area contributed by atoms with Gasteiger partial charge in [0.25, 0.3) is 10.0 Å². The lowest BCUT2D eigenvalue weighted by molar-refractivity contribution is 0.601. The number of para-hydroxylation sites is 1. The third-order valence-corrected chi connectivity index (χ3v) is 5.24. The Morgan fingerprint density at radius 3 is 2.35 bits per heavy atom. The van der Waals surface area contributed by atoms with Crippen LogP contribution in [0.25, 0.3) is 0 Å². The molecule has 2 aromatic rings. The summed E-state index contributed by atoms with van der Waals surface area (Å²) in [6, 6.07) is 12.2. The largest absolute Gasteiger partial charge is 0.387 e. The van der Waals surface area contributed by atoms with Gasteiger partial charge in [0.05, 0.1) is 11.4 Å². The van der Waals surface area contributed by atoms with E-state index in [1.807, 2.05) is 13.0 Å². The fourth-order valence-corrected chi connectivity index (χ4v) is 3.53. The van der Waals surface area contributed by atoms with Gasteiger partial charge in [-0.3, -0.25) is 4.72 Å². The summed E-state index contributed by atoms with van der Waals surface area (Å²) in [7, 11) is -1.94.